The first-order chi connectivity index (χ1) is 9.87. The Balaban J connectivity index is 1.90. The van der Waals surface area contributed by atoms with Gasteiger partial charge in [0.1, 0.15) is 12.2 Å². The van der Waals surface area contributed by atoms with Crippen LogP contribution in [0, 0.1) is 12.3 Å². The van der Waals surface area contributed by atoms with E-state index in [-0.39, 0.29) is 11.2 Å². The van der Waals surface area contributed by atoms with Crippen LogP contribution in [0.25, 0.3) is 0 Å². The fourth-order valence-electron chi connectivity index (χ4n) is 3.26. The molecule has 5 heteroatoms. The van der Waals surface area contributed by atoms with Crippen LogP contribution in [0.1, 0.15) is 47.8 Å². The minimum absolute atomic E-state index is 0.0530. The highest BCUT2D eigenvalue weighted by molar-refractivity contribution is 5.99. The summed E-state index contributed by atoms with van der Waals surface area (Å²) in [5, 5.41) is 8.05. The van der Waals surface area contributed by atoms with E-state index < -0.39 is 0 Å². The van der Waals surface area contributed by atoms with E-state index in [1.807, 2.05) is 17.7 Å². The van der Waals surface area contributed by atoms with Gasteiger partial charge in [-0.3, -0.25) is 4.79 Å². The molecule has 0 aromatic carbocycles. The Bertz CT molecular complexity index is 693. The Kier molecular flexibility index (Phi) is 3.23. The van der Waals surface area contributed by atoms with Crippen molar-refractivity contribution in [2.75, 3.05) is 0 Å². The van der Waals surface area contributed by atoms with Crippen molar-refractivity contribution < 1.29 is 4.79 Å². The van der Waals surface area contributed by atoms with Crippen molar-refractivity contribution in [2.24, 2.45) is 12.5 Å². The minimum atomic E-state index is 0.0530. The monoisotopic (exact) mass is 286 g/mol. The second kappa shape index (κ2) is 4.83. The maximum absolute atomic E-state index is 12.3. The predicted molar refractivity (Wildman–Crippen MR) is 80.3 cm³/mol. The summed E-state index contributed by atoms with van der Waals surface area (Å²) in [5.41, 5.74) is 3.33. The van der Waals surface area contributed by atoms with Gasteiger partial charge in [-0.05, 0) is 24.8 Å². The first-order valence-corrected chi connectivity index (χ1v) is 7.42. The standard InChI is InChI=1S/C16H22N4O/c1-11-7-12-13(8-16(2,3)9-14(12)21)20(11)6-5-15-18-17-10-19(15)4/h7,10H,5-6,8-9H2,1-4H3. The number of fused-ring (bicyclic) bond motifs is 1. The molecule has 5 nitrogen and oxygen atoms in total. The highest BCUT2D eigenvalue weighted by atomic mass is 16.1. The van der Waals surface area contributed by atoms with Crippen LogP contribution in [0.5, 0.6) is 0 Å². The first kappa shape index (κ1) is 14.0. The van der Waals surface area contributed by atoms with Crippen LogP contribution in [0.3, 0.4) is 0 Å². The fourth-order valence-corrected chi connectivity index (χ4v) is 3.26. The van der Waals surface area contributed by atoms with Gasteiger partial charge in [-0.15, -0.1) is 10.2 Å². The molecule has 0 spiro atoms. The number of nitrogens with zero attached hydrogens (tertiary/aromatic N) is 4. The normalized spacial score (nSPS) is 17.0. The van der Waals surface area contributed by atoms with Crippen LogP contribution in [0.4, 0.5) is 0 Å². The molecule has 0 radical (unpaired) electrons. The smallest absolute Gasteiger partial charge is 0.165 e. The van der Waals surface area contributed by atoms with E-state index in [0.717, 1.165) is 36.5 Å². The van der Waals surface area contributed by atoms with Gasteiger partial charge in [0.2, 0.25) is 0 Å². The van der Waals surface area contributed by atoms with Crippen molar-refractivity contribution in [3.63, 3.8) is 0 Å². The SMILES string of the molecule is Cc1cc2c(n1CCc1nncn1C)CC(C)(C)CC2=O. The molecule has 0 aliphatic heterocycles. The molecule has 21 heavy (non-hydrogen) atoms. The summed E-state index contributed by atoms with van der Waals surface area (Å²) in [6, 6.07) is 2.05. The number of ketones is 1. The van der Waals surface area contributed by atoms with Crippen molar-refractivity contribution in [1.29, 1.82) is 0 Å². The van der Waals surface area contributed by atoms with Crippen LogP contribution < -0.4 is 0 Å². The molecule has 1 aliphatic carbocycles. The second-order valence-corrected chi connectivity index (χ2v) is 6.85. The van der Waals surface area contributed by atoms with Crippen LogP contribution in [0.15, 0.2) is 12.4 Å². The average Bonchev–Trinajstić information content (AvgIpc) is 2.90. The van der Waals surface area contributed by atoms with Gasteiger partial charge in [-0.1, -0.05) is 13.8 Å². The zero-order valence-corrected chi connectivity index (χ0v) is 13.2. The molecule has 2 aromatic heterocycles. The summed E-state index contributed by atoms with van der Waals surface area (Å²) in [7, 11) is 1.96. The van der Waals surface area contributed by atoms with Gasteiger partial charge in [-0.2, -0.15) is 0 Å². The van der Waals surface area contributed by atoms with Gasteiger partial charge in [-0.25, -0.2) is 0 Å². The molecule has 0 amide bonds. The molecule has 0 fully saturated rings. The van der Waals surface area contributed by atoms with Crippen LogP contribution >= 0.6 is 0 Å². The highest BCUT2D eigenvalue weighted by Gasteiger charge is 2.33. The molecule has 0 saturated carbocycles. The topological polar surface area (TPSA) is 52.7 Å². The van der Waals surface area contributed by atoms with Crippen molar-refractivity contribution >= 4 is 5.78 Å². The number of Topliss-reactive ketones (excluding diaryl/α,β-unsaturated/α-hetero) is 1. The maximum atomic E-state index is 12.3. The number of carbonyl (C=O) groups excluding carboxylic acids is 1. The third-order valence-electron chi connectivity index (χ3n) is 4.37. The van der Waals surface area contributed by atoms with Gasteiger partial charge in [0.15, 0.2) is 5.78 Å². The third kappa shape index (κ3) is 2.52. The van der Waals surface area contributed by atoms with Crippen LogP contribution in [-0.4, -0.2) is 25.1 Å². The predicted octanol–water partition coefficient (Wildman–Crippen LogP) is 2.32. The lowest BCUT2D eigenvalue weighted by Gasteiger charge is -2.29. The lowest BCUT2D eigenvalue weighted by atomic mass is 9.76. The van der Waals surface area contributed by atoms with E-state index >= 15 is 0 Å². The summed E-state index contributed by atoms with van der Waals surface area (Å²) in [6.07, 6.45) is 4.15. The number of aromatic nitrogens is 4. The first-order valence-electron chi connectivity index (χ1n) is 7.42. The molecule has 1 aliphatic rings. The molecule has 0 bridgehead atoms. The van der Waals surface area contributed by atoms with Gasteiger partial charge in [0.05, 0.1) is 0 Å². The molecular formula is C16H22N4O. The number of hydrogen-bond donors (Lipinski definition) is 0. The molecule has 112 valence electrons. The summed E-state index contributed by atoms with van der Waals surface area (Å²) in [4.78, 5) is 12.3. The Morgan fingerprint density at radius 1 is 1.33 bits per heavy atom. The Hall–Kier alpha value is -1.91. The molecule has 0 N–H and O–H groups in total. The maximum Gasteiger partial charge on any atom is 0.165 e. The zero-order valence-electron chi connectivity index (χ0n) is 13.2. The Morgan fingerprint density at radius 2 is 2.10 bits per heavy atom. The van der Waals surface area contributed by atoms with E-state index in [0.29, 0.717) is 6.42 Å². The summed E-state index contributed by atoms with van der Waals surface area (Å²) >= 11 is 0. The van der Waals surface area contributed by atoms with Gasteiger partial charge in [0.25, 0.3) is 0 Å². The van der Waals surface area contributed by atoms with E-state index in [1.165, 1.54) is 5.69 Å². The minimum Gasteiger partial charge on any atom is -0.348 e. The number of rotatable bonds is 3. The fraction of sp³-hybridized carbons (Fsp3) is 0.562. The van der Waals surface area contributed by atoms with Crippen molar-refractivity contribution in [3.8, 4) is 0 Å². The summed E-state index contributed by atoms with van der Waals surface area (Å²) in [5.74, 6) is 1.25. The van der Waals surface area contributed by atoms with E-state index in [2.05, 4.69) is 35.5 Å². The Morgan fingerprint density at radius 3 is 2.76 bits per heavy atom. The van der Waals surface area contributed by atoms with E-state index in [9.17, 15) is 4.79 Å². The van der Waals surface area contributed by atoms with E-state index in [1.54, 1.807) is 6.33 Å². The van der Waals surface area contributed by atoms with Crippen molar-refractivity contribution in [3.05, 3.63) is 35.2 Å². The largest absolute Gasteiger partial charge is 0.348 e. The van der Waals surface area contributed by atoms with Crippen LogP contribution in [-0.2, 0) is 26.4 Å². The second-order valence-electron chi connectivity index (χ2n) is 6.85. The van der Waals surface area contributed by atoms with E-state index in [4.69, 9.17) is 0 Å². The number of aryl methyl sites for hydroxylation is 3. The molecular weight excluding hydrogens is 264 g/mol. The lowest BCUT2D eigenvalue weighted by molar-refractivity contribution is 0.0910. The molecule has 2 heterocycles. The molecule has 3 rings (SSSR count). The molecule has 2 aromatic rings. The summed E-state index contributed by atoms with van der Waals surface area (Å²) < 4.78 is 4.23. The third-order valence-corrected chi connectivity index (χ3v) is 4.37. The van der Waals surface area contributed by atoms with Gasteiger partial charge < -0.3 is 9.13 Å². The highest BCUT2D eigenvalue weighted by Crippen LogP contribution is 2.36. The zero-order chi connectivity index (χ0) is 15.2. The van der Waals surface area contributed by atoms with Crippen molar-refractivity contribution in [2.45, 2.75) is 46.6 Å². The lowest BCUT2D eigenvalue weighted by Crippen LogP contribution is -2.28. The molecule has 0 atom stereocenters. The quantitative estimate of drug-likeness (QED) is 0.870. The molecule has 0 saturated heterocycles. The summed E-state index contributed by atoms with van der Waals surface area (Å²) in [6.45, 7) is 7.26. The number of carbonyl (C=O) groups is 1. The molecule has 0 unspecified atom stereocenters. The van der Waals surface area contributed by atoms with Crippen LogP contribution in [0.2, 0.25) is 0 Å². The van der Waals surface area contributed by atoms with Gasteiger partial charge >= 0.3 is 0 Å². The van der Waals surface area contributed by atoms with Gasteiger partial charge in [0, 0.05) is 43.4 Å². The van der Waals surface area contributed by atoms with Crippen molar-refractivity contribution in [1.82, 2.24) is 19.3 Å². The Labute approximate surface area is 125 Å². The number of hydrogen-bond acceptors (Lipinski definition) is 3. The average molecular weight is 286 g/mol.